The van der Waals surface area contributed by atoms with Crippen LogP contribution in [0.2, 0.25) is 0 Å². The zero-order chi connectivity index (χ0) is 12.1. The van der Waals surface area contributed by atoms with Crippen LogP contribution in [0.5, 0.6) is 0 Å². The molecule has 1 aromatic rings. The molecule has 0 saturated heterocycles. The van der Waals surface area contributed by atoms with Crippen molar-refractivity contribution in [3.8, 4) is 0 Å². The van der Waals surface area contributed by atoms with Crippen LogP contribution in [0.25, 0.3) is 0 Å². The molecule has 16 heavy (non-hydrogen) atoms. The number of aliphatic hydroxyl groups is 1. The molecule has 88 valence electrons. The summed E-state index contributed by atoms with van der Waals surface area (Å²) in [5.41, 5.74) is 0. The molecule has 0 radical (unpaired) electrons. The second-order valence-electron chi connectivity index (χ2n) is 3.00. The Morgan fingerprint density at radius 2 is 2.31 bits per heavy atom. The maximum Gasteiger partial charge on any atom is 0.433 e. The molecule has 0 aliphatic rings. The standard InChI is InChI=1S/C9H12N2O5/c1-2-10(5-6-12)9(13)7-3-4-8(16-7)11(14)15/h3-4,12H,2,5-6H2,1H3. The number of likely N-dealkylation sites (N-methyl/N-ethyl adjacent to an activating group) is 1. The van der Waals surface area contributed by atoms with Crippen molar-refractivity contribution in [1.29, 1.82) is 0 Å². The molecular formula is C9H12N2O5. The zero-order valence-corrected chi connectivity index (χ0v) is 8.75. The number of aliphatic hydroxyl groups excluding tert-OH is 1. The molecule has 7 heteroatoms. The summed E-state index contributed by atoms with van der Waals surface area (Å²) in [6, 6.07) is 2.38. The highest BCUT2D eigenvalue weighted by atomic mass is 16.6. The quantitative estimate of drug-likeness (QED) is 0.589. The van der Waals surface area contributed by atoms with Crippen molar-refractivity contribution in [2.24, 2.45) is 0 Å². The van der Waals surface area contributed by atoms with E-state index in [-0.39, 0.29) is 18.9 Å². The van der Waals surface area contributed by atoms with E-state index in [2.05, 4.69) is 0 Å². The number of furan rings is 1. The van der Waals surface area contributed by atoms with Crippen molar-refractivity contribution < 1.29 is 19.2 Å². The Kier molecular flexibility index (Phi) is 4.01. The molecule has 0 unspecified atom stereocenters. The second kappa shape index (κ2) is 5.26. The van der Waals surface area contributed by atoms with Gasteiger partial charge < -0.3 is 14.4 Å². The van der Waals surface area contributed by atoms with Gasteiger partial charge >= 0.3 is 5.88 Å². The Bertz CT molecular complexity index is 387. The third-order valence-corrected chi connectivity index (χ3v) is 2.02. The molecule has 0 saturated carbocycles. The molecule has 1 aromatic heterocycles. The topological polar surface area (TPSA) is 96.8 Å². The minimum Gasteiger partial charge on any atom is -0.395 e. The van der Waals surface area contributed by atoms with Crippen molar-refractivity contribution in [3.63, 3.8) is 0 Å². The SMILES string of the molecule is CCN(CCO)C(=O)c1ccc([N+](=O)[O-])o1. The highest BCUT2D eigenvalue weighted by Crippen LogP contribution is 2.16. The van der Waals surface area contributed by atoms with E-state index in [0.29, 0.717) is 6.54 Å². The third kappa shape index (κ3) is 2.57. The maximum absolute atomic E-state index is 11.7. The van der Waals surface area contributed by atoms with Crippen LogP contribution < -0.4 is 0 Å². The number of nitrogens with zero attached hydrogens (tertiary/aromatic N) is 2. The fourth-order valence-electron chi connectivity index (χ4n) is 1.22. The molecule has 7 nitrogen and oxygen atoms in total. The lowest BCUT2D eigenvalue weighted by Crippen LogP contribution is -2.33. The molecule has 1 rings (SSSR count). The van der Waals surface area contributed by atoms with Gasteiger partial charge in [-0.25, -0.2) is 0 Å². The van der Waals surface area contributed by atoms with Gasteiger partial charge in [-0.05, 0) is 13.0 Å². The number of hydrogen-bond acceptors (Lipinski definition) is 5. The first-order valence-electron chi connectivity index (χ1n) is 4.74. The average molecular weight is 228 g/mol. The van der Waals surface area contributed by atoms with Gasteiger partial charge in [-0.1, -0.05) is 0 Å². The van der Waals surface area contributed by atoms with E-state index in [0.717, 1.165) is 6.07 Å². The Balaban J connectivity index is 2.82. The van der Waals surface area contributed by atoms with E-state index < -0.39 is 16.7 Å². The van der Waals surface area contributed by atoms with Crippen LogP contribution >= 0.6 is 0 Å². The highest BCUT2D eigenvalue weighted by molar-refractivity contribution is 5.91. The monoisotopic (exact) mass is 228 g/mol. The van der Waals surface area contributed by atoms with Gasteiger partial charge in [-0.15, -0.1) is 0 Å². The summed E-state index contributed by atoms with van der Waals surface area (Å²) in [7, 11) is 0. The van der Waals surface area contributed by atoms with Crippen LogP contribution in [0, 0.1) is 10.1 Å². The highest BCUT2D eigenvalue weighted by Gasteiger charge is 2.21. The molecule has 0 aromatic carbocycles. The summed E-state index contributed by atoms with van der Waals surface area (Å²) in [6.07, 6.45) is 0. The van der Waals surface area contributed by atoms with Gasteiger partial charge in [0.15, 0.2) is 5.76 Å². The van der Waals surface area contributed by atoms with Gasteiger partial charge in [0.2, 0.25) is 0 Å². The van der Waals surface area contributed by atoms with Crippen molar-refractivity contribution in [1.82, 2.24) is 4.90 Å². The largest absolute Gasteiger partial charge is 0.433 e. The summed E-state index contributed by atoms with van der Waals surface area (Å²) < 4.78 is 4.76. The van der Waals surface area contributed by atoms with Crippen LogP contribution in [0.3, 0.4) is 0 Å². The van der Waals surface area contributed by atoms with Crippen molar-refractivity contribution in [2.45, 2.75) is 6.92 Å². The second-order valence-corrected chi connectivity index (χ2v) is 3.00. The lowest BCUT2D eigenvalue weighted by atomic mass is 10.3. The molecule has 0 bridgehead atoms. The van der Waals surface area contributed by atoms with Crippen LogP contribution in [0.1, 0.15) is 17.5 Å². The number of rotatable bonds is 5. The molecule has 1 amide bonds. The molecule has 1 heterocycles. The number of carbonyl (C=O) groups excluding carboxylic acids is 1. The van der Waals surface area contributed by atoms with E-state index in [1.54, 1.807) is 6.92 Å². The van der Waals surface area contributed by atoms with Gasteiger partial charge in [-0.2, -0.15) is 0 Å². The molecule has 1 N–H and O–H groups in total. The lowest BCUT2D eigenvalue weighted by molar-refractivity contribution is -0.402. The summed E-state index contributed by atoms with van der Waals surface area (Å²) in [5, 5.41) is 19.1. The number of nitro groups is 1. The van der Waals surface area contributed by atoms with Crippen molar-refractivity contribution in [2.75, 3.05) is 19.7 Å². The maximum atomic E-state index is 11.7. The minimum absolute atomic E-state index is 0.0954. The van der Waals surface area contributed by atoms with E-state index in [9.17, 15) is 14.9 Å². The zero-order valence-electron chi connectivity index (χ0n) is 8.75. The molecule has 0 aliphatic carbocycles. The molecule has 0 fully saturated rings. The smallest absolute Gasteiger partial charge is 0.395 e. The summed E-state index contributed by atoms with van der Waals surface area (Å²) in [5.74, 6) is -1.03. The van der Waals surface area contributed by atoms with Gasteiger partial charge in [0.25, 0.3) is 5.91 Å². The van der Waals surface area contributed by atoms with Gasteiger partial charge in [0.05, 0.1) is 12.7 Å². The molecule has 0 aliphatic heterocycles. The summed E-state index contributed by atoms with van der Waals surface area (Å²) >= 11 is 0. The van der Waals surface area contributed by atoms with Gasteiger partial charge in [0, 0.05) is 13.1 Å². The predicted octanol–water partition coefficient (Wildman–Crippen LogP) is 0.642. The summed E-state index contributed by atoms with van der Waals surface area (Å²) in [4.78, 5) is 22.7. The average Bonchev–Trinajstić information content (AvgIpc) is 2.74. The third-order valence-electron chi connectivity index (χ3n) is 2.02. The van der Waals surface area contributed by atoms with Crippen LogP contribution in [-0.4, -0.2) is 40.5 Å². The first-order valence-corrected chi connectivity index (χ1v) is 4.74. The summed E-state index contributed by atoms with van der Waals surface area (Å²) in [6.45, 7) is 2.14. The van der Waals surface area contributed by atoms with Crippen molar-refractivity contribution >= 4 is 11.8 Å². The fraction of sp³-hybridized carbons (Fsp3) is 0.444. The Labute approximate surface area is 91.4 Å². The van der Waals surface area contributed by atoms with Gasteiger partial charge in [-0.3, -0.25) is 14.9 Å². The minimum atomic E-state index is -0.709. The van der Waals surface area contributed by atoms with Gasteiger partial charge in [0.1, 0.15) is 4.92 Å². The van der Waals surface area contributed by atoms with Crippen LogP contribution in [0.4, 0.5) is 5.88 Å². The first-order chi connectivity index (χ1) is 7.60. The van der Waals surface area contributed by atoms with E-state index >= 15 is 0 Å². The predicted molar refractivity (Wildman–Crippen MR) is 54.0 cm³/mol. The molecule has 0 atom stereocenters. The molecular weight excluding hydrogens is 216 g/mol. The molecule has 0 spiro atoms. The van der Waals surface area contributed by atoms with E-state index in [4.69, 9.17) is 9.52 Å². The van der Waals surface area contributed by atoms with Crippen LogP contribution in [0.15, 0.2) is 16.5 Å². The fourth-order valence-corrected chi connectivity index (χ4v) is 1.22. The van der Waals surface area contributed by atoms with Crippen molar-refractivity contribution in [3.05, 3.63) is 28.0 Å². The lowest BCUT2D eigenvalue weighted by Gasteiger charge is -2.17. The Morgan fingerprint density at radius 1 is 1.62 bits per heavy atom. The van der Waals surface area contributed by atoms with Crippen LogP contribution in [-0.2, 0) is 0 Å². The number of amides is 1. The van der Waals surface area contributed by atoms with E-state index in [1.165, 1.54) is 11.0 Å². The first kappa shape index (κ1) is 12.2. The Hall–Kier alpha value is -1.89. The number of hydrogen-bond donors (Lipinski definition) is 1. The van der Waals surface area contributed by atoms with E-state index in [1.807, 2.05) is 0 Å². The Morgan fingerprint density at radius 3 is 2.75 bits per heavy atom. The number of carbonyl (C=O) groups is 1. The normalized spacial score (nSPS) is 10.1.